The summed E-state index contributed by atoms with van der Waals surface area (Å²) in [6.45, 7) is 3.25. The molecule has 0 aliphatic heterocycles. The Hall–Kier alpha value is -1.60. The Labute approximate surface area is 131 Å². The van der Waals surface area contributed by atoms with E-state index in [4.69, 9.17) is 5.11 Å². The van der Waals surface area contributed by atoms with Crippen molar-refractivity contribution in [2.75, 3.05) is 13.7 Å². The van der Waals surface area contributed by atoms with E-state index in [1.807, 2.05) is 12.1 Å². The standard InChI is InChI=1S/C18H21NOS/c1-15(18-10-6-12-21-18)19(2)14-17-9-5-8-16(13-17)7-3-4-11-20/h5-6,8-10,12-13,15,20H,4,11,14H2,1-2H3. The van der Waals surface area contributed by atoms with E-state index in [0.717, 1.165) is 12.1 Å². The highest BCUT2D eigenvalue weighted by Crippen LogP contribution is 2.24. The summed E-state index contributed by atoms with van der Waals surface area (Å²) in [5.41, 5.74) is 2.27. The predicted octanol–water partition coefficient (Wildman–Crippen LogP) is 3.68. The van der Waals surface area contributed by atoms with Crippen LogP contribution in [0.5, 0.6) is 0 Å². The topological polar surface area (TPSA) is 23.5 Å². The summed E-state index contributed by atoms with van der Waals surface area (Å²) < 4.78 is 0. The van der Waals surface area contributed by atoms with Crippen molar-refractivity contribution >= 4 is 11.3 Å². The molecule has 0 bridgehead atoms. The second kappa shape index (κ2) is 7.99. The number of thiophene rings is 1. The fraction of sp³-hybridized carbons (Fsp3) is 0.333. The van der Waals surface area contributed by atoms with Crippen LogP contribution < -0.4 is 0 Å². The first kappa shape index (κ1) is 15.8. The van der Waals surface area contributed by atoms with Crippen molar-refractivity contribution in [3.05, 3.63) is 57.8 Å². The monoisotopic (exact) mass is 299 g/mol. The minimum absolute atomic E-state index is 0.119. The highest BCUT2D eigenvalue weighted by molar-refractivity contribution is 7.10. The highest BCUT2D eigenvalue weighted by atomic mass is 32.1. The first-order valence-corrected chi connectivity index (χ1v) is 8.01. The average Bonchev–Trinajstić information content (AvgIpc) is 3.01. The summed E-state index contributed by atoms with van der Waals surface area (Å²) >= 11 is 1.80. The van der Waals surface area contributed by atoms with Gasteiger partial charge in [-0.05, 0) is 43.1 Å². The predicted molar refractivity (Wildman–Crippen MR) is 89.2 cm³/mol. The van der Waals surface area contributed by atoms with Crippen LogP contribution in [0.4, 0.5) is 0 Å². The fourth-order valence-electron chi connectivity index (χ4n) is 2.14. The summed E-state index contributed by atoms with van der Waals surface area (Å²) in [6.07, 6.45) is 0.527. The first-order valence-electron chi connectivity index (χ1n) is 7.13. The van der Waals surface area contributed by atoms with Crippen molar-refractivity contribution in [1.29, 1.82) is 0 Å². The smallest absolute Gasteiger partial charge is 0.0540 e. The maximum absolute atomic E-state index is 8.76. The van der Waals surface area contributed by atoms with Gasteiger partial charge in [0, 0.05) is 29.4 Å². The van der Waals surface area contributed by atoms with Crippen LogP contribution in [0.1, 0.15) is 35.4 Å². The van der Waals surface area contributed by atoms with Crippen LogP contribution in [-0.4, -0.2) is 23.7 Å². The molecule has 1 aromatic heterocycles. The van der Waals surface area contributed by atoms with Gasteiger partial charge in [-0.3, -0.25) is 4.90 Å². The van der Waals surface area contributed by atoms with Crippen LogP contribution in [0.25, 0.3) is 0 Å². The molecule has 110 valence electrons. The summed E-state index contributed by atoms with van der Waals surface area (Å²) in [7, 11) is 2.15. The molecule has 1 atom stereocenters. The molecule has 1 unspecified atom stereocenters. The molecule has 1 aromatic carbocycles. The quantitative estimate of drug-likeness (QED) is 0.851. The lowest BCUT2D eigenvalue weighted by molar-refractivity contribution is 0.256. The third kappa shape index (κ3) is 4.71. The minimum Gasteiger partial charge on any atom is -0.395 e. The van der Waals surface area contributed by atoms with Crippen LogP contribution in [0.2, 0.25) is 0 Å². The second-order valence-corrected chi connectivity index (χ2v) is 6.06. The Kier molecular flexibility index (Phi) is 6.01. The Morgan fingerprint density at radius 1 is 1.29 bits per heavy atom. The maximum atomic E-state index is 8.76. The van der Waals surface area contributed by atoms with Gasteiger partial charge in [0.15, 0.2) is 0 Å². The number of aliphatic hydroxyl groups excluding tert-OH is 1. The van der Waals surface area contributed by atoms with E-state index in [1.165, 1.54) is 10.4 Å². The number of hydrogen-bond acceptors (Lipinski definition) is 3. The Morgan fingerprint density at radius 3 is 2.86 bits per heavy atom. The van der Waals surface area contributed by atoms with Crippen molar-refractivity contribution in [3.8, 4) is 11.8 Å². The molecule has 1 heterocycles. The van der Waals surface area contributed by atoms with Crippen LogP contribution in [-0.2, 0) is 6.54 Å². The number of rotatable bonds is 5. The third-order valence-electron chi connectivity index (χ3n) is 3.44. The lowest BCUT2D eigenvalue weighted by atomic mass is 10.1. The Morgan fingerprint density at radius 2 is 2.14 bits per heavy atom. The molecule has 0 aliphatic carbocycles. The lowest BCUT2D eigenvalue weighted by Crippen LogP contribution is -2.21. The van der Waals surface area contributed by atoms with Crippen molar-refractivity contribution in [2.24, 2.45) is 0 Å². The molecule has 3 heteroatoms. The van der Waals surface area contributed by atoms with E-state index in [2.05, 4.69) is 60.4 Å². The SMILES string of the molecule is CC(c1cccs1)N(C)Cc1cccc(C#CCCO)c1. The van der Waals surface area contributed by atoms with E-state index in [9.17, 15) is 0 Å². The fourth-order valence-corrected chi connectivity index (χ4v) is 2.99. The maximum Gasteiger partial charge on any atom is 0.0540 e. The molecule has 2 rings (SSSR count). The number of nitrogens with zero attached hydrogens (tertiary/aromatic N) is 1. The van der Waals surface area contributed by atoms with Crippen molar-refractivity contribution in [3.63, 3.8) is 0 Å². The first-order chi connectivity index (χ1) is 10.2. The molecule has 21 heavy (non-hydrogen) atoms. The molecule has 0 radical (unpaired) electrons. The van der Waals surface area contributed by atoms with E-state index < -0.39 is 0 Å². The van der Waals surface area contributed by atoms with Gasteiger partial charge in [-0.15, -0.1) is 11.3 Å². The van der Waals surface area contributed by atoms with Gasteiger partial charge in [0.05, 0.1) is 6.61 Å². The minimum atomic E-state index is 0.119. The largest absolute Gasteiger partial charge is 0.395 e. The van der Waals surface area contributed by atoms with Crippen LogP contribution in [0.15, 0.2) is 41.8 Å². The van der Waals surface area contributed by atoms with E-state index in [0.29, 0.717) is 12.5 Å². The molecule has 0 fully saturated rings. The van der Waals surface area contributed by atoms with Crippen molar-refractivity contribution in [1.82, 2.24) is 4.90 Å². The molecule has 0 saturated heterocycles. The van der Waals surface area contributed by atoms with Gasteiger partial charge in [-0.2, -0.15) is 0 Å². The molecule has 0 saturated carbocycles. The molecule has 0 amide bonds. The van der Waals surface area contributed by atoms with E-state index in [-0.39, 0.29) is 6.61 Å². The summed E-state index contributed by atoms with van der Waals surface area (Å²) in [5.74, 6) is 6.05. The summed E-state index contributed by atoms with van der Waals surface area (Å²) in [5, 5.41) is 10.9. The Bertz CT molecular complexity index is 610. The van der Waals surface area contributed by atoms with Gasteiger partial charge in [0.1, 0.15) is 0 Å². The van der Waals surface area contributed by atoms with Gasteiger partial charge >= 0.3 is 0 Å². The summed E-state index contributed by atoms with van der Waals surface area (Å²) in [6, 6.07) is 13.0. The van der Waals surface area contributed by atoms with Gasteiger partial charge in [0.25, 0.3) is 0 Å². The molecular weight excluding hydrogens is 278 g/mol. The second-order valence-electron chi connectivity index (χ2n) is 5.08. The van der Waals surface area contributed by atoms with E-state index >= 15 is 0 Å². The van der Waals surface area contributed by atoms with Crippen molar-refractivity contribution < 1.29 is 5.11 Å². The molecular formula is C18H21NOS. The number of benzene rings is 1. The molecule has 2 nitrogen and oxygen atoms in total. The molecule has 0 aliphatic rings. The van der Waals surface area contributed by atoms with Crippen LogP contribution in [0, 0.1) is 11.8 Å². The zero-order valence-corrected chi connectivity index (χ0v) is 13.4. The third-order valence-corrected chi connectivity index (χ3v) is 4.49. The van der Waals surface area contributed by atoms with Crippen molar-refractivity contribution in [2.45, 2.75) is 25.9 Å². The number of hydrogen-bond donors (Lipinski definition) is 1. The van der Waals surface area contributed by atoms with Gasteiger partial charge in [-0.1, -0.05) is 30.0 Å². The zero-order chi connectivity index (χ0) is 15.1. The molecule has 0 spiro atoms. The highest BCUT2D eigenvalue weighted by Gasteiger charge is 2.12. The summed E-state index contributed by atoms with van der Waals surface area (Å²) in [4.78, 5) is 3.72. The van der Waals surface area contributed by atoms with Crippen LogP contribution in [0.3, 0.4) is 0 Å². The Balaban J connectivity index is 2.02. The average molecular weight is 299 g/mol. The van der Waals surface area contributed by atoms with Crippen LogP contribution >= 0.6 is 11.3 Å². The normalized spacial score (nSPS) is 12.0. The van der Waals surface area contributed by atoms with E-state index in [1.54, 1.807) is 11.3 Å². The zero-order valence-electron chi connectivity index (χ0n) is 12.5. The van der Waals surface area contributed by atoms with Gasteiger partial charge < -0.3 is 5.11 Å². The van der Waals surface area contributed by atoms with Gasteiger partial charge in [-0.25, -0.2) is 0 Å². The molecule has 1 N–H and O–H groups in total. The molecule has 2 aromatic rings. The lowest BCUT2D eigenvalue weighted by Gasteiger charge is -2.23. The number of aliphatic hydroxyl groups is 1. The van der Waals surface area contributed by atoms with Gasteiger partial charge in [0.2, 0.25) is 0 Å².